The Morgan fingerprint density at radius 2 is 1.81 bits per heavy atom. The van der Waals surface area contributed by atoms with Crippen LogP contribution in [-0.4, -0.2) is 10.8 Å². The maximum Gasteiger partial charge on any atom is 0.285 e. The van der Waals surface area contributed by atoms with Crippen molar-refractivity contribution in [2.45, 2.75) is 19.9 Å². The van der Waals surface area contributed by atoms with Gasteiger partial charge in [0.15, 0.2) is 0 Å². The first kappa shape index (κ1) is 14.7. The summed E-state index contributed by atoms with van der Waals surface area (Å²) < 4.78 is 0. The van der Waals surface area contributed by atoms with Crippen LogP contribution >= 0.6 is 0 Å². The zero-order valence-electron chi connectivity index (χ0n) is 11.9. The van der Waals surface area contributed by atoms with Gasteiger partial charge in [0, 0.05) is 5.56 Å². The molecule has 1 atom stereocenters. The molecule has 21 heavy (non-hydrogen) atoms. The lowest BCUT2D eigenvalue weighted by Crippen LogP contribution is -2.27. The number of benzene rings is 2. The van der Waals surface area contributed by atoms with E-state index in [1.165, 1.54) is 6.07 Å². The van der Waals surface area contributed by atoms with E-state index < -0.39 is 10.8 Å². The van der Waals surface area contributed by atoms with Crippen LogP contribution in [0.15, 0.2) is 48.5 Å². The van der Waals surface area contributed by atoms with Crippen molar-refractivity contribution < 1.29 is 9.72 Å². The molecule has 0 saturated carbocycles. The van der Waals surface area contributed by atoms with Crippen molar-refractivity contribution in [3.63, 3.8) is 0 Å². The molecule has 1 amide bonds. The summed E-state index contributed by atoms with van der Waals surface area (Å²) in [6, 6.07) is 14.0. The van der Waals surface area contributed by atoms with Crippen LogP contribution in [0.25, 0.3) is 0 Å². The second-order valence-electron chi connectivity index (χ2n) is 4.83. The highest BCUT2D eigenvalue weighted by atomic mass is 16.6. The summed E-state index contributed by atoms with van der Waals surface area (Å²) in [7, 11) is 0. The highest BCUT2D eigenvalue weighted by Gasteiger charge is 2.23. The van der Waals surface area contributed by atoms with Crippen molar-refractivity contribution in [3.8, 4) is 0 Å². The van der Waals surface area contributed by atoms with E-state index in [4.69, 9.17) is 0 Å². The molecule has 0 fully saturated rings. The molecule has 2 aromatic carbocycles. The lowest BCUT2D eigenvalue weighted by atomic mass is 10.1. The third-order valence-electron chi connectivity index (χ3n) is 3.31. The summed E-state index contributed by atoms with van der Waals surface area (Å²) >= 11 is 0. The maximum atomic E-state index is 12.3. The van der Waals surface area contributed by atoms with Crippen LogP contribution in [0, 0.1) is 17.0 Å². The highest BCUT2D eigenvalue weighted by Crippen LogP contribution is 2.23. The largest absolute Gasteiger partial charge is 0.345 e. The fourth-order valence-corrected chi connectivity index (χ4v) is 2.18. The lowest BCUT2D eigenvalue weighted by Gasteiger charge is -2.14. The molecule has 0 bridgehead atoms. The molecule has 0 heterocycles. The summed E-state index contributed by atoms with van der Waals surface area (Å²) in [4.78, 5) is 22.9. The smallest absolute Gasteiger partial charge is 0.285 e. The summed E-state index contributed by atoms with van der Waals surface area (Å²) in [5.41, 5.74) is 1.36. The van der Waals surface area contributed by atoms with Crippen molar-refractivity contribution in [1.29, 1.82) is 0 Å². The van der Waals surface area contributed by atoms with E-state index in [9.17, 15) is 14.9 Å². The molecular formula is C16H16N2O3. The van der Waals surface area contributed by atoms with Crippen LogP contribution in [0.4, 0.5) is 5.69 Å². The Hall–Kier alpha value is -2.69. The molecule has 2 rings (SSSR count). The number of nitro groups is 1. The van der Waals surface area contributed by atoms with Gasteiger partial charge in [0.2, 0.25) is 0 Å². The van der Waals surface area contributed by atoms with Gasteiger partial charge in [-0.15, -0.1) is 0 Å². The zero-order valence-corrected chi connectivity index (χ0v) is 11.9. The zero-order chi connectivity index (χ0) is 15.4. The van der Waals surface area contributed by atoms with Crippen LogP contribution in [-0.2, 0) is 0 Å². The first-order valence-electron chi connectivity index (χ1n) is 6.60. The standard InChI is InChI=1S/C16H16N2O3/c1-11-7-6-10-14(15(11)18(20)21)16(19)17-12(2)13-8-4-3-5-9-13/h3-10,12H,1-2H3,(H,17,19). The fourth-order valence-electron chi connectivity index (χ4n) is 2.18. The topological polar surface area (TPSA) is 72.2 Å². The second-order valence-corrected chi connectivity index (χ2v) is 4.83. The molecule has 1 N–H and O–H groups in total. The number of amides is 1. The second kappa shape index (κ2) is 6.17. The van der Waals surface area contributed by atoms with E-state index in [0.29, 0.717) is 5.56 Å². The average molecular weight is 284 g/mol. The van der Waals surface area contributed by atoms with Gasteiger partial charge >= 0.3 is 0 Å². The number of carbonyl (C=O) groups excluding carboxylic acids is 1. The lowest BCUT2D eigenvalue weighted by molar-refractivity contribution is -0.385. The number of nitrogens with zero attached hydrogens (tertiary/aromatic N) is 1. The molecule has 0 saturated heterocycles. The van der Waals surface area contributed by atoms with Crippen molar-refractivity contribution in [2.24, 2.45) is 0 Å². The number of aryl methyl sites for hydroxylation is 1. The molecule has 5 heteroatoms. The van der Waals surface area contributed by atoms with Gasteiger partial charge in [0.05, 0.1) is 11.0 Å². The molecular weight excluding hydrogens is 268 g/mol. The molecule has 5 nitrogen and oxygen atoms in total. The summed E-state index contributed by atoms with van der Waals surface area (Å²) in [5, 5.41) is 13.9. The Bertz CT molecular complexity index is 668. The van der Waals surface area contributed by atoms with Crippen molar-refractivity contribution in [3.05, 3.63) is 75.3 Å². The molecule has 2 aromatic rings. The third-order valence-corrected chi connectivity index (χ3v) is 3.31. The highest BCUT2D eigenvalue weighted by molar-refractivity contribution is 5.98. The van der Waals surface area contributed by atoms with E-state index in [-0.39, 0.29) is 17.3 Å². The first-order chi connectivity index (χ1) is 10.0. The Morgan fingerprint density at radius 1 is 1.14 bits per heavy atom. The third kappa shape index (κ3) is 3.25. The van der Waals surface area contributed by atoms with E-state index in [1.54, 1.807) is 19.1 Å². The van der Waals surface area contributed by atoms with Crippen molar-refractivity contribution in [2.75, 3.05) is 0 Å². The van der Waals surface area contributed by atoms with Crippen LogP contribution in [0.1, 0.15) is 34.5 Å². The molecule has 0 aliphatic carbocycles. The quantitative estimate of drug-likeness (QED) is 0.691. The van der Waals surface area contributed by atoms with E-state index in [2.05, 4.69) is 5.32 Å². The Morgan fingerprint density at radius 3 is 2.43 bits per heavy atom. The Labute approximate surface area is 122 Å². The average Bonchev–Trinajstić information content (AvgIpc) is 2.47. The minimum atomic E-state index is -0.516. The van der Waals surface area contributed by atoms with Crippen LogP contribution in [0.5, 0.6) is 0 Å². The summed E-state index contributed by atoms with van der Waals surface area (Å²) in [6.45, 7) is 3.46. The van der Waals surface area contributed by atoms with Crippen LogP contribution < -0.4 is 5.32 Å². The van der Waals surface area contributed by atoms with Gasteiger partial charge < -0.3 is 5.32 Å². The number of hydrogen-bond donors (Lipinski definition) is 1. The van der Waals surface area contributed by atoms with E-state index in [1.807, 2.05) is 37.3 Å². The number of nitro benzene ring substituents is 1. The number of carbonyl (C=O) groups is 1. The van der Waals surface area contributed by atoms with E-state index in [0.717, 1.165) is 5.56 Å². The number of para-hydroxylation sites is 1. The number of nitrogens with one attached hydrogen (secondary N) is 1. The van der Waals surface area contributed by atoms with Crippen molar-refractivity contribution in [1.82, 2.24) is 5.32 Å². The van der Waals surface area contributed by atoms with Gasteiger partial charge in [-0.3, -0.25) is 14.9 Å². The summed E-state index contributed by atoms with van der Waals surface area (Å²) in [6.07, 6.45) is 0. The maximum absolute atomic E-state index is 12.3. The van der Waals surface area contributed by atoms with Crippen LogP contribution in [0.3, 0.4) is 0 Å². The predicted molar refractivity (Wildman–Crippen MR) is 80.2 cm³/mol. The van der Waals surface area contributed by atoms with Gasteiger partial charge in [-0.25, -0.2) is 0 Å². The normalized spacial score (nSPS) is 11.7. The molecule has 0 aromatic heterocycles. The predicted octanol–water partition coefficient (Wildman–Crippen LogP) is 3.39. The first-order valence-corrected chi connectivity index (χ1v) is 6.60. The van der Waals surface area contributed by atoms with Gasteiger partial charge in [-0.2, -0.15) is 0 Å². The van der Waals surface area contributed by atoms with Gasteiger partial charge in [0.25, 0.3) is 11.6 Å². The van der Waals surface area contributed by atoms with Crippen LogP contribution in [0.2, 0.25) is 0 Å². The SMILES string of the molecule is Cc1cccc(C(=O)NC(C)c2ccccc2)c1[N+](=O)[O-]. The molecule has 108 valence electrons. The molecule has 0 spiro atoms. The fraction of sp³-hybridized carbons (Fsp3) is 0.188. The van der Waals surface area contributed by atoms with Gasteiger partial charge in [-0.05, 0) is 25.5 Å². The molecule has 1 unspecified atom stereocenters. The van der Waals surface area contributed by atoms with Gasteiger partial charge in [0.1, 0.15) is 5.56 Å². The number of hydrogen-bond acceptors (Lipinski definition) is 3. The minimum Gasteiger partial charge on any atom is -0.345 e. The number of rotatable bonds is 4. The summed E-state index contributed by atoms with van der Waals surface area (Å²) in [5.74, 6) is -0.443. The Balaban J connectivity index is 2.26. The van der Waals surface area contributed by atoms with Gasteiger partial charge in [-0.1, -0.05) is 42.5 Å². The van der Waals surface area contributed by atoms with E-state index >= 15 is 0 Å². The Kier molecular flexibility index (Phi) is 4.33. The molecule has 0 radical (unpaired) electrons. The minimum absolute atomic E-state index is 0.0859. The molecule has 0 aliphatic heterocycles. The molecule has 0 aliphatic rings. The monoisotopic (exact) mass is 284 g/mol. The van der Waals surface area contributed by atoms with Crippen molar-refractivity contribution >= 4 is 11.6 Å².